The Labute approximate surface area is 125 Å². The standard InChI is InChI=1S/C17H20N4/c1-20-13-14(10-17(20)11-18)12-19-15-4-6-16(7-5-15)21-8-2-3-9-21/h4-7,10,13,19H,2-3,8-9,12H2,1H3. The zero-order valence-corrected chi connectivity index (χ0v) is 12.3. The van der Waals surface area contributed by atoms with Gasteiger partial charge < -0.3 is 14.8 Å². The highest BCUT2D eigenvalue weighted by Crippen LogP contribution is 2.22. The van der Waals surface area contributed by atoms with Crippen molar-refractivity contribution in [2.75, 3.05) is 23.3 Å². The van der Waals surface area contributed by atoms with Gasteiger partial charge in [0.05, 0.1) is 0 Å². The van der Waals surface area contributed by atoms with Crippen molar-refractivity contribution in [1.29, 1.82) is 5.26 Å². The van der Waals surface area contributed by atoms with Crippen LogP contribution in [0.4, 0.5) is 11.4 Å². The minimum absolute atomic E-state index is 0.691. The van der Waals surface area contributed by atoms with Gasteiger partial charge in [-0.25, -0.2) is 0 Å². The van der Waals surface area contributed by atoms with Crippen molar-refractivity contribution in [2.45, 2.75) is 19.4 Å². The van der Waals surface area contributed by atoms with Gasteiger partial charge in [-0.1, -0.05) is 0 Å². The molecular weight excluding hydrogens is 260 g/mol. The van der Waals surface area contributed by atoms with Crippen LogP contribution >= 0.6 is 0 Å². The van der Waals surface area contributed by atoms with Crippen molar-refractivity contribution in [2.24, 2.45) is 7.05 Å². The molecule has 0 spiro atoms. The predicted octanol–water partition coefficient (Wildman–Crippen LogP) is 3.11. The quantitative estimate of drug-likeness (QED) is 0.936. The molecule has 0 amide bonds. The molecule has 2 heterocycles. The van der Waals surface area contributed by atoms with Crippen LogP contribution in [0.5, 0.6) is 0 Å². The minimum Gasteiger partial charge on any atom is -0.381 e. The van der Waals surface area contributed by atoms with Crippen molar-refractivity contribution >= 4 is 11.4 Å². The summed E-state index contributed by atoms with van der Waals surface area (Å²) in [7, 11) is 1.90. The van der Waals surface area contributed by atoms with Gasteiger partial charge in [0.15, 0.2) is 0 Å². The highest BCUT2D eigenvalue weighted by Gasteiger charge is 2.11. The third-order valence-electron chi connectivity index (χ3n) is 4.01. The lowest BCUT2D eigenvalue weighted by molar-refractivity contribution is 0.902. The lowest BCUT2D eigenvalue weighted by Gasteiger charge is -2.17. The highest BCUT2D eigenvalue weighted by molar-refractivity contribution is 5.55. The number of aryl methyl sites for hydroxylation is 1. The molecule has 1 aliphatic rings. The van der Waals surface area contributed by atoms with E-state index >= 15 is 0 Å². The van der Waals surface area contributed by atoms with Gasteiger partial charge in [0.25, 0.3) is 0 Å². The van der Waals surface area contributed by atoms with Crippen molar-refractivity contribution in [3.8, 4) is 6.07 Å². The summed E-state index contributed by atoms with van der Waals surface area (Å²) in [6.45, 7) is 3.08. The van der Waals surface area contributed by atoms with E-state index in [-0.39, 0.29) is 0 Å². The summed E-state index contributed by atoms with van der Waals surface area (Å²) in [6.07, 6.45) is 4.59. The minimum atomic E-state index is 0.691. The molecule has 21 heavy (non-hydrogen) atoms. The Morgan fingerprint density at radius 1 is 1.19 bits per heavy atom. The third kappa shape index (κ3) is 3.03. The SMILES string of the molecule is Cn1cc(CNc2ccc(N3CCCC3)cc2)cc1C#N. The summed E-state index contributed by atoms with van der Waals surface area (Å²) >= 11 is 0. The van der Waals surface area contributed by atoms with Crippen LogP contribution in [-0.2, 0) is 13.6 Å². The van der Waals surface area contributed by atoms with Gasteiger partial charge in [-0.3, -0.25) is 0 Å². The molecule has 108 valence electrons. The number of nitrogens with zero attached hydrogens (tertiary/aromatic N) is 3. The summed E-state index contributed by atoms with van der Waals surface area (Å²) in [5.41, 5.74) is 4.23. The van der Waals surface area contributed by atoms with E-state index < -0.39 is 0 Å². The van der Waals surface area contributed by atoms with Crippen LogP contribution in [0.25, 0.3) is 0 Å². The average Bonchev–Trinajstić information content (AvgIpc) is 3.15. The largest absolute Gasteiger partial charge is 0.381 e. The fourth-order valence-electron chi connectivity index (χ4n) is 2.81. The molecule has 1 aromatic heterocycles. The van der Waals surface area contributed by atoms with Crippen LogP contribution < -0.4 is 10.2 Å². The molecule has 1 saturated heterocycles. The van der Waals surface area contributed by atoms with Gasteiger partial charge in [0, 0.05) is 44.3 Å². The van der Waals surface area contributed by atoms with Gasteiger partial charge in [0.2, 0.25) is 0 Å². The van der Waals surface area contributed by atoms with Crippen LogP contribution in [0.1, 0.15) is 24.1 Å². The van der Waals surface area contributed by atoms with E-state index in [0.717, 1.165) is 17.8 Å². The van der Waals surface area contributed by atoms with Crippen LogP contribution in [0.2, 0.25) is 0 Å². The van der Waals surface area contributed by atoms with Gasteiger partial charge in [0.1, 0.15) is 11.8 Å². The van der Waals surface area contributed by atoms with Crippen molar-refractivity contribution < 1.29 is 0 Å². The lowest BCUT2D eigenvalue weighted by atomic mass is 10.2. The Kier molecular flexibility index (Phi) is 3.83. The second kappa shape index (κ2) is 5.92. The number of nitriles is 1. The average molecular weight is 280 g/mol. The molecule has 1 fully saturated rings. The van der Waals surface area contributed by atoms with E-state index in [4.69, 9.17) is 5.26 Å². The van der Waals surface area contributed by atoms with Gasteiger partial charge in [-0.15, -0.1) is 0 Å². The predicted molar refractivity (Wildman–Crippen MR) is 85.3 cm³/mol. The Morgan fingerprint density at radius 2 is 1.90 bits per heavy atom. The Hall–Kier alpha value is -2.41. The van der Waals surface area contributed by atoms with E-state index in [0.29, 0.717) is 5.69 Å². The molecule has 2 aromatic rings. The fraction of sp³-hybridized carbons (Fsp3) is 0.353. The first-order valence-corrected chi connectivity index (χ1v) is 7.40. The molecule has 1 N–H and O–H groups in total. The van der Waals surface area contributed by atoms with E-state index in [1.165, 1.54) is 31.6 Å². The molecule has 0 atom stereocenters. The Morgan fingerprint density at radius 3 is 2.52 bits per heavy atom. The first kappa shape index (κ1) is 13.6. The van der Waals surface area contributed by atoms with Crippen LogP contribution in [0.15, 0.2) is 36.5 Å². The van der Waals surface area contributed by atoms with Crippen LogP contribution in [0.3, 0.4) is 0 Å². The van der Waals surface area contributed by atoms with E-state index in [9.17, 15) is 0 Å². The number of aromatic nitrogens is 1. The van der Waals surface area contributed by atoms with Crippen molar-refractivity contribution in [3.05, 3.63) is 47.8 Å². The molecule has 0 unspecified atom stereocenters. The maximum atomic E-state index is 8.96. The second-order valence-corrected chi connectivity index (χ2v) is 5.55. The number of hydrogen-bond acceptors (Lipinski definition) is 3. The van der Waals surface area contributed by atoms with Crippen LogP contribution in [0, 0.1) is 11.3 Å². The summed E-state index contributed by atoms with van der Waals surface area (Å²) in [5, 5.41) is 12.4. The topological polar surface area (TPSA) is 44.0 Å². The number of rotatable bonds is 4. The molecule has 0 saturated carbocycles. The van der Waals surface area contributed by atoms with E-state index in [1.807, 2.05) is 23.9 Å². The highest BCUT2D eigenvalue weighted by atomic mass is 15.1. The van der Waals surface area contributed by atoms with Crippen molar-refractivity contribution in [1.82, 2.24) is 4.57 Å². The van der Waals surface area contributed by atoms with Crippen molar-refractivity contribution in [3.63, 3.8) is 0 Å². The van der Waals surface area contributed by atoms with Gasteiger partial charge in [-0.05, 0) is 48.7 Å². The first-order valence-electron chi connectivity index (χ1n) is 7.40. The molecular formula is C17H20N4. The smallest absolute Gasteiger partial charge is 0.120 e. The summed E-state index contributed by atoms with van der Waals surface area (Å²) in [5.74, 6) is 0. The summed E-state index contributed by atoms with van der Waals surface area (Å²) < 4.78 is 1.85. The molecule has 1 aromatic carbocycles. The molecule has 1 aliphatic heterocycles. The zero-order chi connectivity index (χ0) is 14.7. The number of anilines is 2. The van der Waals surface area contributed by atoms with E-state index in [2.05, 4.69) is 40.6 Å². The Balaban J connectivity index is 1.61. The molecule has 0 aliphatic carbocycles. The lowest BCUT2D eigenvalue weighted by Crippen LogP contribution is -2.17. The number of benzene rings is 1. The number of nitrogens with one attached hydrogen (secondary N) is 1. The van der Waals surface area contributed by atoms with Gasteiger partial charge >= 0.3 is 0 Å². The number of hydrogen-bond donors (Lipinski definition) is 1. The molecule has 0 radical (unpaired) electrons. The summed E-state index contributed by atoms with van der Waals surface area (Å²) in [6, 6.07) is 12.7. The molecule has 4 heteroatoms. The third-order valence-corrected chi connectivity index (χ3v) is 4.01. The monoisotopic (exact) mass is 280 g/mol. The summed E-state index contributed by atoms with van der Waals surface area (Å²) in [4.78, 5) is 2.43. The second-order valence-electron chi connectivity index (χ2n) is 5.55. The molecule has 0 bridgehead atoms. The maximum absolute atomic E-state index is 8.96. The van der Waals surface area contributed by atoms with Gasteiger partial charge in [-0.2, -0.15) is 5.26 Å². The molecule has 3 rings (SSSR count). The maximum Gasteiger partial charge on any atom is 0.120 e. The Bertz CT molecular complexity index is 642. The van der Waals surface area contributed by atoms with Crippen LogP contribution in [-0.4, -0.2) is 17.7 Å². The zero-order valence-electron chi connectivity index (χ0n) is 12.3. The molecule has 4 nitrogen and oxygen atoms in total. The fourth-order valence-corrected chi connectivity index (χ4v) is 2.81. The normalized spacial score (nSPS) is 14.2. The first-order chi connectivity index (χ1) is 10.3. The van der Waals surface area contributed by atoms with E-state index in [1.54, 1.807) is 0 Å².